The second kappa shape index (κ2) is 8.67. The second-order valence-corrected chi connectivity index (χ2v) is 7.33. The van der Waals surface area contributed by atoms with Gasteiger partial charge in [0.15, 0.2) is 0 Å². The van der Waals surface area contributed by atoms with Gasteiger partial charge >= 0.3 is 0 Å². The standard InChI is InChI=1S/C18H33N3O2/c1-3-14(2)17(19)18(23)21-11-9-20(10-12-21)16(22)13-15-7-5-4-6-8-15/h14-15,17H,3-13,19H2,1-2H3. The summed E-state index contributed by atoms with van der Waals surface area (Å²) >= 11 is 0. The van der Waals surface area contributed by atoms with Gasteiger partial charge in [0.2, 0.25) is 11.8 Å². The Kier molecular flexibility index (Phi) is 6.88. The van der Waals surface area contributed by atoms with Crippen LogP contribution in [-0.4, -0.2) is 53.8 Å². The van der Waals surface area contributed by atoms with Gasteiger partial charge in [-0.15, -0.1) is 0 Å². The molecule has 0 aromatic carbocycles. The highest BCUT2D eigenvalue weighted by atomic mass is 16.2. The molecule has 23 heavy (non-hydrogen) atoms. The minimum atomic E-state index is -0.413. The van der Waals surface area contributed by atoms with Crippen molar-refractivity contribution in [2.75, 3.05) is 26.2 Å². The van der Waals surface area contributed by atoms with Gasteiger partial charge in [0.25, 0.3) is 0 Å². The number of nitrogens with two attached hydrogens (primary N) is 1. The molecule has 132 valence electrons. The number of rotatable bonds is 5. The molecule has 2 N–H and O–H groups in total. The van der Waals surface area contributed by atoms with E-state index in [-0.39, 0.29) is 17.7 Å². The van der Waals surface area contributed by atoms with Crippen LogP contribution in [0.1, 0.15) is 58.8 Å². The molecule has 0 aromatic heterocycles. The van der Waals surface area contributed by atoms with Crippen molar-refractivity contribution in [3.63, 3.8) is 0 Å². The summed E-state index contributed by atoms with van der Waals surface area (Å²) in [6.45, 7) is 6.64. The predicted molar refractivity (Wildman–Crippen MR) is 91.8 cm³/mol. The number of carbonyl (C=O) groups excluding carboxylic acids is 2. The van der Waals surface area contributed by atoms with Crippen LogP contribution < -0.4 is 5.73 Å². The predicted octanol–water partition coefficient (Wildman–Crippen LogP) is 2.00. The van der Waals surface area contributed by atoms with Gasteiger partial charge in [0.05, 0.1) is 6.04 Å². The Morgan fingerprint density at radius 3 is 2.17 bits per heavy atom. The molecule has 1 aliphatic heterocycles. The minimum absolute atomic E-state index is 0.0405. The second-order valence-electron chi connectivity index (χ2n) is 7.33. The number of nitrogens with zero attached hydrogens (tertiary/aromatic N) is 2. The lowest BCUT2D eigenvalue weighted by Gasteiger charge is -2.37. The lowest BCUT2D eigenvalue weighted by molar-refractivity contribution is -0.141. The molecule has 2 rings (SSSR count). The highest BCUT2D eigenvalue weighted by Gasteiger charge is 2.30. The van der Waals surface area contributed by atoms with E-state index in [1.54, 1.807) is 0 Å². The Hall–Kier alpha value is -1.10. The van der Waals surface area contributed by atoms with E-state index in [2.05, 4.69) is 6.92 Å². The molecule has 1 aliphatic carbocycles. The van der Waals surface area contributed by atoms with Crippen LogP contribution >= 0.6 is 0 Å². The van der Waals surface area contributed by atoms with Crippen molar-refractivity contribution in [1.82, 2.24) is 9.80 Å². The molecule has 0 bridgehead atoms. The maximum atomic E-state index is 12.4. The van der Waals surface area contributed by atoms with E-state index in [9.17, 15) is 9.59 Å². The maximum Gasteiger partial charge on any atom is 0.239 e. The van der Waals surface area contributed by atoms with Crippen LogP contribution in [0, 0.1) is 11.8 Å². The molecular formula is C18H33N3O2. The third kappa shape index (κ3) is 4.93. The summed E-state index contributed by atoms with van der Waals surface area (Å²) in [4.78, 5) is 28.6. The Morgan fingerprint density at radius 1 is 1.04 bits per heavy atom. The fourth-order valence-electron chi connectivity index (χ4n) is 3.65. The topological polar surface area (TPSA) is 66.6 Å². The Bertz CT molecular complexity index is 399. The normalized spacial score (nSPS) is 22.7. The van der Waals surface area contributed by atoms with E-state index in [0.29, 0.717) is 38.5 Å². The van der Waals surface area contributed by atoms with Crippen molar-refractivity contribution in [2.45, 2.75) is 64.8 Å². The molecule has 0 radical (unpaired) electrons. The summed E-state index contributed by atoms with van der Waals surface area (Å²) < 4.78 is 0. The minimum Gasteiger partial charge on any atom is -0.339 e. The number of hydrogen-bond donors (Lipinski definition) is 1. The fourth-order valence-corrected chi connectivity index (χ4v) is 3.65. The third-order valence-corrected chi connectivity index (χ3v) is 5.67. The zero-order valence-electron chi connectivity index (χ0n) is 14.8. The van der Waals surface area contributed by atoms with Crippen molar-refractivity contribution >= 4 is 11.8 Å². The van der Waals surface area contributed by atoms with E-state index in [1.165, 1.54) is 32.1 Å². The fraction of sp³-hybridized carbons (Fsp3) is 0.889. The molecule has 0 spiro atoms. The zero-order valence-corrected chi connectivity index (χ0v) is 14.8. The van der Waals surface area contributed by atoms with Crippen molar-refractivity contribution in [1.29, 1.82) is 0 Å². The summed E-state index contributed by atoms with van der Waals surface area (Å²) in [6, 6.07) is -0.413. The van der Waals surface area contributed by atoms with Crippen LogP contribution in [0.15, 0.2) is 0 Å². The van der Waals surface area contributed by atoms with Crippen molar-refractivity contribution in [2.24, 2.45) is 17.6 Å². The van der Waals surface area contributed by atoms with Crippen LogP contribution in [0.4, 0.5) is 0 Å². The van der Waals surface area contributed by atoms with E-state index >= 15 is 0 Å². The number of hydrogen-bond acceptors (Lipinski definition) is 3. The van der Waals surface area contributed by atoms with Gasteiger partial charge in [-0.1, -0.05) is 39.5 Å². The summed E-state index contributed by atoms with van der Waals surface area (Å²) in [5.41, 5.74) is 6.05. The average molecular weight is 323 g/mol. The molecule has 1 heterocycles. The largest absolute Gasteiger partial charge is 0.339 e. The van der Waals surface area contributed by atoms with Crippen LogP contribution in [0.5, 0.6) is 0 Å². The Labute approximate surface area is 140 Å². The first-order valence-corrected chi connectivity index (χ1v) is 9.35. The van der Waals surface area contributed by atoms with Crippen LogP contribution in [0.2, 0.25) is 0 Å². The van der Waals surface area contributed by atoms with Gasteiger partial charge in [-0.2, -0.15) is 0 Å². The molecule has 2 amide bonds. The highest BCUT2D eigenvalue weighted by molar-refractivity contribution is 5.82. The summed E-state index contributed by atoms with van der Waals surface area (Å²) in [5, 5.41) is 0. The van der Waals surface area contributed by atoms with Crippen molar-refractivity contribution < 1.29 is 9.59 Å². The maximum absolute atomic E-state index is 12.4. The Morgan fingerprint density at radius 2 is 1.61 bits per heavy atom. The SMILES string of the molecule is CCC(C)C(N)C(=O)N1CCN(C(=O)CC2CCCCC2)CC1. The molecule has 2 fully saturated rings. The monoisotopic (exact) mass is 323 g/mol. The first-order chi connectivity index (χ1) is 11.0. The van der Waals surface area contributed by atoms with Gasteiger partial charge in [-0.25, -0.2) is 0 Å². The molecule has 2 unspecified atom stereocenters. The molecule has 1 saturated carbocycles. The molecule has 2 aliphatic rings. The van der Waals surface area contributed by atoms with E-state index in [1.807, 2.05) is 16.7 Å². The zero-order chi connectivity index (χ0) is 16.8. The van der Waals surface area contributed by atoms with Crippen molar-refractivity contribution in [3.8, 4) is 0 Å². The van der Waals surface area contributed by atoms with Gasteiger partial charge in [0, 0.05) is 32.6 Å². The average Bonchev–Trinajstić information content (AvgIpc) is 2.60. The quantitative estimate of drug-likeness (QED) is 0.841. The number of amides is 2. The molecule has 5 nitrogen and oxygen atoms in total. The number of piperazine rings is 1. The first kappa shape index (κ1) is 18.2. The smallest absolute Gasteiger partial charge is 0.239 e. The van der Waals surface area contributed by atoms with Gasteiger partial charge in [-0.3, -0.25) is 9.59 Å². The molecule has 2 atom stereocenters. The summed E-state index contributed by atoms with van der Waals surface area (Å²) in [5.74, 6) is 1.09. The van der Waals surface area contributed by atoms with Gasteiger partial charge in [-0.05, 0) is 24.7 Å². The van der Waals surface area contributed by atoms with Crippen LogP contribution in [0.25, 0.3) is 0 Å². The lowest BCUT2D eigenvalue weighted by atomic mass is 9.86. The van der Waals surface area contributed by atoms with Crippen molar-refractivity contribution in [3.05, 3.63) is 0 Å². The van der Waals surface area contributed by atoms with E-state index in [0.717, 1.165) is 6.42 Å². The van der Waals surface area contributed by atoms with E-state index in [4.69, 9.17) is 5.73 Å². The summed E-state index contributed by atoms with van der Waals surface area (Å²) in [6.07, 6.45) is 7.87. The highest BCUT2D eigenvalue weighted by Crippen LogP contribution is 2.27. The van der Waals surface area contributed by atoms with Crippen LogP contribution in [-0.2, 0) is 9.59 Å². The third-order valence-electron chi connectivity index (χ3n) is 5.67. The molecule has 0 aromatic rings. The first-order valence-electron chi connectivity index (χ1n) is 9.35. The lowest BCUT2D eigenvalue weighted by Crippen LogP contribution is -2.55. The Balaban J connectivity index is 1.76. The van der Waals surface area contributed by atoms with Gasteiger partial charge < -0.3 is 15.5 Å². The van der Waals surface area contributed by atoms with Crippen LogP contribution in [0.3, 0.4) is 0 Å². The van der Waals surface area contributed by atoms with Gasteiger partial charge in [0.1, 0.15) is 0 Å². The number of carbonyl (C=O) groups is 2. The molecule has 5 heteroatoms. The van der Waals surface area contributed by atoms with E-state index < -0.39 is 6.04 Å². The molecular weight excluding hydrogens is 290 g/mol. The summed E-state index contributed by atoms with van der Waals surface area (Å²) in [7, 11) is 0. The molecule has 1 saturated heterocycles.